The highest BCUT2D eigenvalue weighted by Gasteiger charge is 2.31. The van der Waals surface area contributed by atoms with Gasteiger partial charge in [-0.1, -0.05) is 34.8 Å². The molecule has 0 radical (unpaired) electrons. The summed E-state index contributed by atoms with van der Waals surface area (Å²) in [7, 11) is -3.80. The van der Waals surface area contributed by atoms with E-state index in [9.17, 15) is 12.8 Å². The average Bonchev–Trinajstić information content (AvgIpc) is 3.17. The minimum Gasteiger partial charge on any atom is -0.345 e. The van der Waals surface area contributed by atoms with Gasteiger partial charge in [0.1, 0.15) is 10.7 Å². The molecule has 0 atom stereocenters. The highest BCUT2D eigenvalue weighted by atomic mass is 35.5. The number of aromatic nitrogens is 1. The van der Waals surface area contributed by atoms with Crippen LogP contribution in [0.5, 0.6) is 0 Å². The first-order valence-corrected chi connectivity index (χ1v) is 12.3. The van der Waals surface area contributed by atoms with Crippen molar-refractivity contribution >= 4 is 61.3 Å². The van der Waals surface area contributed by atoms with Gasteiger partial charge in [-0.05, 0) is 36.4 Å². The van der Waals surface area contributed by atoms with E-state index in [1.165, 1.54) is 21.7 Å². The quantitative estimate of drug-likeness (QED) is 0.474. The van der Waals surface area contributed by atoms with E-state index < -0.39 is 15.8 Å². The van der Waals surface area contributed by atoms with Crippen LogP contribution in [0, 0.1) is 5.82 Å². The molecule has 0 saturated carbocycles. The van der Waals surface area contributed by atoms with E-state index in [4.69, 9.17) is 34.8 Å². The molecule has 30 heavy (non-hydrogen) atoms. The summed E-state index contributed by atoms with van der Waals surface area (Å²) < 4.78 is 40.4. The Labute approximate surface area is 192 Å². The van der Waals surface area contributed by atoms with E-state index in [0.717, 1.165) is 28.5 Å². The lowest BCUT2D eigenvalue weighted by Gasteiger charge is -2.33. The molecular formula is C19H15Cl3FN3O2S2. The van der Waals surface area contributed by atoms with Crippen LogP contribution in [0.1, 0.15) is 0 Å². The zero-order valence-electron chi connectivity index (χ0n) is 15.4. The van der Waals surface area contributed by atoms with Gasteiger partial charge in [0.25, 0.3) is 0 Å². The Morgan fingerprint density at radius 2 is 1.63 bits per heavy atom. The van der Waals surface area contributed by atoms with Crippen molar-refractivity contribution in [2.24, 2.45) is 0 Å². The molecule has 1 aromatic heterocycles. The van der Waals surface area contributed by atoms with E-state index in [0.29, 0.717) is 23.1 Å². The summed E-state index contributed by atoms with van der Waals surface area (Å²) in [6, 6.07) is 8.54. The maximum absolute atomic E-state index is 13.3. The highest BCUT2D eigenvalue weighted by Crippen LogP contribution is 2.32. The molecule has 2 heterocycles. The minimum absolute atomic E-state index is 0.0895. The average molecular weight is 507 g/mol. The zero-order chi connectivity index (χ0) is 21.5. The van der Waals surface area contributed by atoms with Crippen LogP contribution in [0.4, 0.5) is 9.52 Å². The van der Waals surface area contributed by atoms with Crippen LogP contribution in [-0.4, -0.2) is 43.9 Å². The van der Waals surface area contributed by atoms with Crippen molar-refractivity contribution in [3.05, 3.63) is 62.7 Å². The molecule has 3 aromatic rings. The lowest BCUT2D eigenvalue weighted by molar-refractivity contribution is 0.384. The molecule has 1 saturated heterocycles. The number of halogens is 4. The van der Waals surface area contributed by atoms with Crippen LogP contribution in [0.3, 0.4) is 0 Å². The lowest BCUT2D eigenvalue weighted by atomic mass is 10.2. The molecule has 0 unspecified atom stereocenters. The van der Waals surface area contributed by atoms with Crippen molar-refractivity contribution in [2.45, 2.75) is 4.90 Å². The molecule has 0 aliphatic carbocycles. The number of nitrogens with zero attached hydrogens (tertiary/aromatic N) is 3. The monoisotopic (exact) mass is 505 g/mol. The number of hydrogen-bond acceptors (Lipinski definition) is 5. The van der Waals surface area contributed by atoms with E-state index in [1.54, 1.807) is 18.2 Å². The van der Waals surface area contributed by atoms with E-state index in [2.05, 4.69) is 4.98 Å². The number of anilines is 1. The molecule has 0 amide bonds. The van der Waals surface area contributed by atoms with Crippen molar-refractivity contribution in [2.75, 3.05) is 31.1 Å². The zero-order valence-corrected chi connectivity index (χ0v) is 19.3. The van der Waals surface area contributed by atoms with Gasteiger partial charge in [-0.3, -0.25) is 0 Å². The first kappa shape index (κ1) is 21.8. The third kappa shape index (κ3) is 4.44. The van der Waals surface area contributed by atoms with Crippen LogP contribution >= 0.6 is 46.1 Å². The van der Waals surface area contributed by atoms with E-state index >= 15 is 0 Å². The second kappa shape index (κ2) is 8.61. The molecule has 11 heteroatoms. The molecule has 158 valence electrons. The van der Waals surface area contributed by atoms with E-state index in [-0.39, 0.29) is 23.0 Å². The number of thiazole rings is 1. The number of piperazine rings is 1. The van der Waals surface area contributed by atoms with Crippen LogP contribution in [0.25, 0.3) is 11.3 Å². The second-order valence-corrected chi connectivity index (χ2v) is 10.7. The van der Waals surface area contributed by atoms with Gasteiger partial charge in [0.15, 0.2) is 5.13 Å². The molecular weight excluding hydrogens is 492 g/mol. The van der Waals surface area contributed by atoms with Crippen molar-refractivity contribution in [1.82, 2.24) is 9.29 Å². The molecule has 1 fully saturated rings. The largest absolute Gasteiger partial charge is 0.345 e. The smallest absolute Gasteiger partial charge is 0.244 e. The third-order valence-electron chi connectivity index (χ3n) is 4.67. The maximum atomic E-state index is 13.3. The van der Waals surface area contributed by atoms with Gasteiger partial charge < -0.3 is 4.90 Å². The van der Waals surface area contributed by atoms with Gasteiger partial charge in [-0.2, -0.15) is 4.31 Å². The molecule has 0 spiro atoms. The first-order valence-electron chi connectivity index (χ1n) is 8.86. The summed E-state index contributed by atoms with van der Waals surface area (Å²) >= 11 is 19.6. The number of hydrogen-bond donors (Lipinski definition) is 0. The topological polar surface area (TPSA) is 53.5 Å². The normalized spacial score (nSPS) is 15.5. The van der Waals surface area contributed by atoms with Gasteiger partial charge in [-0.15, -0.1) is 11.3 Å². The van der Waals surface area contributed by atoms with Crippen molar-refractivity contribution in [3.8, 4) is 11.3 Å². The first-order chi connectivity index (χ1) is 14.2. The predicted molar refractivity (Wildman–Crippen MR) is 120 cm³/mol. The van der Waals surface area contributed by atoms with Gasteiger partial charge in [-0.25, -0.2) is 17.8 Å². The van der Waals surface area contributed by atoms with Crippen LogP contribution in [-0.2, 0) is 10.0 Å². The van der Waals surface area contributed by atoms with E-state index in [1.807, 2.05) is 10.3 Å². The van der Waals surface area contributed by atoms with Crippen molar-refractivity contribution in [1.29, 1.82) is 0 Å². The van der Waals surface area contributed by atoms with Gasteiger partial charge in [0.2, 0.25) is 10.0 Å². The standard InChI is InChI=1S/C19H15Cl3FN3O2S2/c20-13-7-12(8-14(21)9-13)17-11-29-19(24-17)25-3-5-26(6-4-25)30(27,28)18-2-1-15(23)10-16(18)22/h1-2,7-11H,3-6H2. The Bertz CT molecular complexity index is 1180. The Hall–Kier alpha value is -1.42. The fourth-order valence-corrected chi connectivity index (χ4v) is 6.53. The third-order valence-corrected chi connectivity index (χ3v) is 8.39. The van der Waals surface area contributed by atoms with Crippen LogP contribution in [0.15, 0.2) is 46.7 Å². The SMILES string of the molecule is O=S(=O)(c1ccc(F)cc1Cl)N1CCN(c2nc(-c3cc(Cl)cc(Cl)c3)cs2)CC1. The lowest BCUT2D eigenvalue weighted by Crippen LogP contribution is -2.48. The van der Waals surface area contributed by atoms with Gasteiger partial charge in [0.05, 0.1) is 10.7 Å². The molecule has 2 aromatic carbocycles. The van der Waals surface area contributed by atoms with Crippen molar-refractivity contribution < 1.29 is 12.8 Å². The Balaban J connectivity index is 1.48. The molecule has 4 rings (SSSR count). The summed E-state index contributed by atoms with van der Waals surface area (Å²) in [4.78, 5) is 6.59. The second-order valence-electron chi connectivity index (χ2n) is 6.64. The predicted octanol–water partition coefficient (Wildman–Crippen LogP) is 5.42. The summed E-state index contributed by atoms with van der Waals surface area (Å²) in [6.07, 6.45) is 0. The highest BCUT2D eigenvalue weighted by molar-refractivity contribution is 7.89. The fraction of sp³-hybridized carbons (Fsp3) is 0.211. The molecule has 5 nitrogen and oxygen atoms in total. The number of sulfonamides is 1. The summed E-state index contributed by atoms with van der Waals surface area (Å²) in [5.74, 6) is -0.579. The van der Waals surface area contributed by atoms with Gasteiger partial charge in [0, 0.05) is 47.2 Å². The Kier molecular flexibility index (Phi) is 6.25. The molecule has 0 bridgehead atoms. The number of benzene rings is 2. The van der Waals surface area contributed by atoms with Crippen LogP contribution < -0.4 is 4.90 Å². The summed E-state index contributed by atoms with van der Waals surface area (Å²) in [5.41, 5.74) is 1.58. The summed E-state index contributed by atoms with van der Waals surface area (Å²) in [5, 5.41) is 3.65. The molecule has 1 aliphatic heterocycles. The Morgan fingerprint density at radius 1 is 0.967 bits per heavy atom. The van der Waals surface area contributed by atoms with Crippen LogP contribution in [0.2, 0.25) is 15.1 Å². The Morgan fingerprint density at radius 3 is 2.27 bits per heavy atom. The number of rotatable bonds is 4. The molecule has 1 aliphatic rings. The minimum atomic E-state index is -3.80. The maximum Gasteiger partial charge on any atom is 0.244 e. The van der Waals surface area contributed by atoms with Crippen molar-refractivity contribution in [3.63, 3.8) is 0 Å². The molecule has 0 N–H and O–H groups in total. The fourth-order valence-electron chi connectivity index (χ4n) is 3.19. The summed E-state index contributed by atoms with van der Waals surface area (Å²) in [6.45, 7) is 1.49. The van der Waals surface area contributed by atoms with Gasteiger partial charge >= 0.3 is 0 Å².